The molecule has 2 rings (SSSR count). The molecule has 0 aliphatic rings. The van der Waals surface area contributed by atoms with E-state index in [4.69, 9.17) is 0 Å². The van der Waals surface area contributed by atoms with Crippen molar-refractivity contribution in [3.05, 3.63) is 71.3 Å². The third kappa shape index (κ3) is 7.59. The standard InChI is InChI=1S/C21H18F2N2O7/c22-16-7-3-1-5-14(16)20(29)24-9-18(27)31-11-13(26)12-32-19(28)10-25-21(30)15-6-2-4-8-17(15)23/h1-8H,9-12H2,(H,24,29)(H,25,30). The van der Waals surface area contributed by atoms with E-state index >= 15 is 0 Å². The number of rotatable bonds is 10. The average Bonchev–Trinajstić information content (AvgIpc) is 2.78. The van der Waals surface area contributed by atoms with Gasteiger partial charge in [-0.05, 0) is 24.3 Å². The van der Waals surface area contributed by atoms with Crippen LogP contribution in [0.1, 0.15) is 20.7 Å². The highest BCUT2D eigenvalue weighted by atomic mass is 19.1. The lowest BCUT2D eigenvalue weighted by atomic mass is 10.2. The summed E-state index contributed by atoms with van der Waals surface area (Å²) in [7, 11) is 0. The van der Waals surface area contributed by atoms with Crippen LogP contribution in [0, 0.1) is 11.6 Å². The lowest BCUT2D eigenvalue weighted by molar-refractivity contribution is -0.152. The molecule has 168 valence electrons. The molecule has 0 spiro atoms. The van der Waals surface area contributed by atoms with Gasteiger partial charge in [0, 0.05) is 0 Å². The maximum Gasteiger partial charge on any atom is 0.325 e. The summed E-state index contributed by atoms with van der Waals surface area (Å²) in [4.78, 5) is 58.3. The second kappa shape index (κ2) is 11.9. The van der Waals surface area contributed by atoms with E-state index < -0.39 is 67.5 Å². The lowest BCUT2D eigenvalue weighted by Crippen LogP contribution is -2.33. The Hall–Kier alpha value is -4.15. The fourth-order valence-electron chi connectivity index (χ4n) is 2.25. The average molecular weight is 448 g/mol. The Kier molecular flexibility index (Phi) is 8.96. The van der Waals surface area contributed by atoms with E-state index in [1.54, 1.807) is 0 Å². The molecule has 11 heteroatoms. The van der Waals surface area contributed by atoms with Crippen LogP contribution in [-0.2, 0) is 23.9 Å². The smallest absolute Gasteiger partial charge is 0.325 e. The van der Waals surface area contributed by atoms with Crippen molar-refractivity contribution >= 4 is 29.5 Å². The third-order valence-electron chi connectivity index (χ3n) is 3.81. The van der Waals surface area contributed by atoms with Gasteiger partial charge in [-0.1, -0.05) is 24.3 Å². The van der Waals surface area contributed by atoms with Gasteiger partial charge >= 0.3 is 11.9 Å². The number of halogens is 2. The van der Waals surface area contributed by atoms with Crippen LogP contribution in [0.5, 0.6) is 0 Å². The summed E-state index contributed by atoms with van der Waals surface area (Å²) >= 11 is 0. The number of hydrogen-bond acceptors (Lipinski definition) is 7. The molecule has 0 saturated carbocycles. The first kappa shape index (κ1) is 24.1. The largest absolute Gasteiger partial charge is 0.456 e. The van der Waals surface area contributed by atoms with Crippen LogP contribution < -0.4 is 10.6 Å². The Morgan fingerprint density at radius 2 is 1.03 bits per heavy atom. The van der Waals surface area contributed by atoms with Gasteiger partial charge in [0.05, 0.1) is 11.1 Å². The van der Waals surface area contributed by atoms with Crippen LogP contribution in [0.4, 0.5) is 8.78 Å². The topological polar surface area (TPSA) is 128 Å². The zero-order valence-corrected chi connectivity index (χ0v) is 16.6. The molecule has 2 aromatic rings. The molecule has 32 heavy (non-hydrogen) atoms. The molecule has 0 unspecified atom stereocenters. The Morgan fingerprint density at radius 1 is 0.656 bits per heavy atom. The number of ether oxygens (including phenoxy) is 2. The van der Waals surface area contributed by atoms with Gasteiger partial charge in [-0.25, -0.2) is 8.78 Å². The predicted molar refractivity (Wildman–Crippen MR) is 104 cm³/mol. The summed E-state index contributed by atoms with van der Waals surface area (Å²) in [5.41, 5.74) is -0.518. The summed E-state index contributed by atoms with van der Waals surface area (Å²) in [6, 6.07) is 10.3. The zero-order chi connectivity index (χ0) is 23.5. The highest BCUT2D eigenvalue weighted by Gasteiger charge is 2.16. The van der Waals surface area contributed by atoms with Crippen LogP contribution in [0.3, 0.4) is 0 Å². The molecule has 2 amide bonds. The molecule has 0 bridgehead atoms. The normalized spacial score (nSPS) is 10.1. The molecule has 2 aromatic carbocycles. The van der Waals surface area contributed by atoms with Crippen molar-refractivity contribution in [2.45, 2.75) is 0 Å². The third-order valence-corrected chi connectivity index (χ3v) is 3.81. The van der Waals surface area contributed by atoms with Crippen LogP contribution in [0.15, 0.2) is 48.5 Å². The first-order chi connectivity index (χ1) is 15.3. The summed E-state index contributed by atoms with van der Waals surface area (Å²) in [6.07, 6.45) is 0. The van der Waals surface area contributed by atoms with Gasteiger partial charge in [-0.3, -0.25) is 24.0 Å². The molecule has 0 saturated heterocycles. The fraction of sp³-hybridized carbons (Fsp3) is 0.190. The molecule has 9 nitrogen and oxygen atoms in total. The predicted octanol–water partition coefficient (Wildman–Crippen LogP) is 0.780. The minimum absolute atomic E-state index is 0.259. The van der Waals surface area contributed by atoms with Crippen molar-refractivity contribution in [1.82, 2.24) is 10.6 Å². The first-order valence-corrected chi connectivity index (χ1v) is 9.16. The number of hydrogen-bond donors (Lipinski definition) is 2. The van der Waals surface area contributed by atoms with Crippen molar-refractivity contribution in [2.24, 2.45) is 0 Å². The SMILES string of the molecule is O=C(COC(=O)CNC(=O)c1ccccc1F)COC(=O)CNC(=O)c1ccccc1F. The van der Waals surface area contributed by atoms with Crippen molar-refractivity contribution < 1.29 is 42.2 Å². The summed E-state index contributed by atoms with van der Waals surface area (Å²) in [5.74, 6) is -5.90. The van der Waals surface area contributed by atoms with E-state index in [1.807, 2.05) is 0 Å². The van der Waals surface area contributed by atoms with Gasteiger partial charge in [0.25, 0.3) is 11.8 Å². The Bertz CT molecular complexity index is 947. The number of esters is 2. The van der Waals surface area contributed by atoms with E-state index in [2.05, 4.69) is 20.1 Å². The molecule has 0 fully saturated rings. The summed E-state index contributed by atoms with van der Waals surface area (Å²) in [5, 5.41) is 4.28. The van der Waals surface area contributed by atoms with Crippen LogP contribution in [0.25, 0.3) is 0 Å². The molecule has 0 radical (unpaired) electrons. The molecule has 0 aromatic heterocycles. The van der Waals surface area contributed by atoms with E-state index in [-0.39, 0.29) is 11.1 Å². The minimum Gasteiger partial charge on any atom is -0.456 e. The first-order valence-electron chi connectivity index (χ1n) is 9.16. The monoisotopic (exact) mass is 448 g/mol. The Balaban J connectivity index is 1.63. The van der Waals surface area contributed by atoms with Crippen LogP contribution in [-0.4, -0.2) is 55.8 Å². The quantitative estimate of drug-likeness (QED) is 0.514. The van der Waals surface area contributed by atoms with Gasteiger partial charge in [0.2, 0.25) is 5.78 Å². The van der Waals surface area contributed by atoms with Gasteiger partial charge < -0.3 is 20.1 Å². The summed E-state index contributed by atoms with van der Waals surface area (Å²) in [6.45, 7) is -2.68. The highest BCUT2D eigenvalue weighted by molar-refractivity contribution is 5.97. The molecule has 0 heterocycles. The fourth-order valence-corrected chi connectivity index (χ4v) is 2.25. The van der Waals surface area contributed by atoms with Crippen molar-refractivity contribution in [2.75, 3.05) is 26.3 Å². The van der Waals surface area contributed by atoms with Gasteiger partial charge in [-0.2, -0.15) is 0 Å². The van der Waals surface area contributed by atoms with Crippen molar-refractivity contribution in [3.63, 3.8) is 0 Å². The number of carbonyl (C=O) groups excluding carboxylic acids is 5. The molecule has 0 aliphatic heterocycles. The van der Waals surface area contributed by atoms with Crippen molar-refractivity contribution in [1.29, 1.82) is 0 Å². The van der Waals surface area contributed by atoms with E-state index in [0.29, 0.717) is 0 Å². The number of carbonyl (C=O) groups is 5. The second-order valence-corrected chi connectivity index (χ2v) is 6.19. The molecule has 0 aliphatic carbocycles. The number of ketones is 1. The van der Waals surface area contributed by atoms with E-state index in [1.165, 1.54) is 36.4 Å². The Labute approximate surface area is 180 Å². The minimum atomic E-state index is -0.966. The van der Waals surface area contributed by atoms with Crippen LogP contribution in [0.2, 0.25) is 0 Å². The number of Topliss-reactive ketones (excluding diaryl/α,β-unsaturated/α-hetero) is 1. The van der Waals surface area contributed by atoms with Crippen LogP contribution >= 0.6 is 0 Å². The maximum atomic E-state index is 13.5. The van der Waals surface area contributed by atoms with Gasteiger partial charge in [-0.15, -0.1) is 0 Å². The van der Waals surface area contributed by atoms with Gasteiger partial charge in [0.1, 0.15) is 24.7 Å². The lowest BCUT2D eigenvalue weighted by Gasteiger charge is -2.08. The zero-order valence-electron chi connectivity index (χ0n) is 16.6. The van der Waals surface area contributed by atoms with Gasteiger partial charge in [0.15, 0.2) is 13.2 Å². The maximum absolute atomic E-state index is 13.5. The molecular formula is C21H18F2N2O7. The molecular weight excluding hydrogens is 430 g/mol. The second-order valence-electron chi connectivity index (χ2n) is 6.19. The molecule has 0 atom stereocenters. The number of nitrogens with one attached hydrogen (secondary N) is 2. The summed E-state index contributed by atoms with van der Waals surface area (Å²) < 4.78 is 36.2. The Morgan fingerprint density at radius 3 is 1.41 bits per heavy atom. The van der Waals surface area contributed by atoms with E-state index in [0.717, 1.165) is 12.1 Å². The number of amides is 2. The highest BCUT2D eigenvalue weighted by Crippen LogP contribution is 2.06. The molecule has 2 N–H and O–H groups in total. The number of benzene rings is 2. The van der Waals surface area contributed by atoms with E-state index in [9.17, 15) is 32.8 Å². The van der Waals surface area contributed by atoms with Crippen molar-refractivity contribution in [3.8, 4) is 0 Å².